The number of alkyl halides is 3. The van der Waals surface area contributed by atoms with Gasteiger partial charge in [-0.05, 0) is 35.9 Å². The maximum absolute atomic E-state index is 13.1. The Morgan fingerprint density at radius 2 is 1.52 bits per heavy atom. The minimum absolute atomic E-state index is 0.0263. The van der Waals surface area contributed by atoms with Crippen molar-refractivity contribution < 1.29 is 22.7 Å². The van der Waals surface area contributed by atoms with Crippen LogP contribution in [0.15, 0.2) is 82.0 Å². The van der Waals surface area contributed by atoms with Crippen molar-refractivity contribution in [2.75, 3.05) is 0 Å². The fourth-order valence-electron chi connectivity index (χ4n) is 3.24. The monoisotopic (exact) mass is 396 g/mol. The SMILES string of the molecule is O=c1c(Cc2ccccc2O)c(-c2ccc(C(F)(F)F)cc2)oc2ccccc12. The van der Waals surface area contributed by atoms with Crippen LogP contribution >= 0.6 is 0 Å². The zero-order valence-electron chi connectivity index (χ0n) is 15.0. The maximum atomic E-state index is 13.1. The van der Waals surface area contributed by atoms with E-state index in [1.165, 1.54) is 18.2 Å². The summed E-state index contributed by atoms with van der Waals surface area (Å²) in [7, 11) is 0. The molecule has 6 heteroatoms. The smallest absolute Gasteiger partial charge is 0.416 e. The van der Waals surface area contributed by atoms with E-state index in [1.54, 1.807) is 42.5 Å². The Morgan fingerprint density at radius 3 is 2.21 bits per heavy atom. The number of phenols is 1. The molecule has 0 amide bonds. The highest BCUT2D eigenvalue weighted by atomic mass is 19.4. The standard InChI is InChI=1S/C23H15F3O3/c24-23(25,26)16-11-9-14(10-12-16)22-18(13-15-5-1-3-7-19(15)27)21(28)17-6-2-4-8-20(17)29-22/h1-12,27H,13H2. The van der Waals surface area contributed by atoms with Gasteiger partial charge in [0.2, 0.25) is 0 Å². The fourth-order valence-corrected chi connectivity index (χ4v) is 3.24. The Morgan fingerprint density at radius 1 is 0.862 bits per heavy atom. The molecule has 4 aromatic rings. The van der Waals surface area contributed by atoms with Crippen molar-refractivity contribution in [3.8, 4) is 17.1 Å². The van der Waals surface area contributed by atoms with Gasteiger partial charge in [-0.1, -0.05) is 42.5 Å². The van der Waals surface area contributed by atoms with Gasteiger partial charge in [0.15, 0.2) is 5.43 Å². The fraction of sp³-hybridized carbons (Fsp3) is 0.0870. The van der Waals surface area contributed by atoms with Crippen molar-refractivity contribution >= 4 is 11.0 Å². The number of halogens is 3. The average Bonchev–Trinajstić information content (AvgIpc) is 2.71. The second-order valence-corrected chi connectivity index (χ2v) is 6.62. The predicted octanol–water partition coefficient (Wildman–Crippen LogP) is 5.78. The van der Waals surface area contributed by atoms with Crippen molar-refractivity contribution in [3.63, 3.8) is 0 Å². The van der Waals surface area contributed by atoms with E-state index >= 15 is 0 Å². The molecule has 29 heavy (non-hydrogen) atoms. The van der Waals surface area contributed by atoms with E-state index in [9.17, 15) is 23.1 Å². The number of para-hydroxylation sites is 2. The minimum Gasteiger partial charge on any atom is -0.508 e. The molecule has 0 unspecified atom stereocenters. The summed E-state index contributed by atoms with van der Waals surface area (Å²) in [4.78, 5) is 13.1. The van der Waals surface area contributed by atoms with Crippen LogP contribution in [-0.2, 0) is 12.6 Å². The second kappa shape index (κ2) is 7.13. The molecule has 3 aromatic carbocycles. The highest BCUT2D eigenvalue weighted by molar-refractivity contribution is 5.80. The maximum Gasteiger partial charge on any atom is 0.416 e. The van der Waals surface area contributed by atoms with E-state index < -0.39 is 11.7 Å². The molecule has 0 atom stereocenters. The first kappa shape index (κ1) is 18.8. The molecule has 4 rings (SSSR count). The van der Waals surface area contributed by atoms with Gasteiger partial charge in [-0.25, -0.2) is 0 Å². The Hall–Kier alpha value is -3.54. The summed E-state index contributed by atoms with van der Waals surface area (Å²) in [6.07, 6.45) is -4.38. The number of phenolic OH excluding ortho intramolecular Hbond substituents is 1. The first-order valence-corrected chi connectivity index (χ1v) is 8.84. The van der Waals surface area contributed by atoms with Gasteiger partial charge in [0.05, 0.1) is 10.9 Å². The molecule has 3 nitrogen and oxygen atoms in total. The first-order chi connectivity index (χ1) is 13.8. The van der Waals surface area contributed by atoms with Crippen molar-refractivity contribution in [1.29, 1.82) is 0 Å². The van der Waals surface area contributed by atoms with Crippen LogP contribution < -0.4 is 5.43 Å². The Bertz CT molecular complexity index is 1240. The third-order valence-corrected chi connectivity index (χ3v) is 4.73. The molecule has 1 aromatic heterocycles. The quantitative estimate of drug-likeness (QED) is 0.478. The number of aromatic hydroxyl groups is 1. The molecule has 0 radical (unpaired) electrons. The van der Waals surface area contributed by atoms with Gasteiger partial charge in [-0.2, -0.15) is 13.2 Å². The van der Waals surface area contributed by atoms with Crippen LogP contribution in [-0.4, -0.2) is 5.11 Å². The molecule has 0 bridgehead atoms. The molecule has 0 aliphatic carbocycles. The number of benzene rings is 3. The minimum atomic E-state index is -4.46. The first-order valence-electron chi connectivity index (χ1n) is 8.84. The number of fused-ring (bicyclic) bond motifs is 1. The molecule has 0 aliphatic heterocycles. The number of hydrogen-bond acceptors (Lipinski definition) is 3. The Kier molecular flexibility index (Phi) is 4.62. The van der Waals surface area contributed by atoms with Crippen LogP contribution in [0.5, 0.6) is 5.75 Å². The largest absolute Gasteiger partial charge is 0.508 e. The lowest BCUT2D eigenvalue weighted by Gasteiger charge is -2.12. The molecule has 1 N–H and O–H groups in total. The molecule has 146 valence electrons. The van der Waals surface area contributed by atoms with Crippen molar-refractivity contribution in [2.24, 2.45) is 0 Å². The Balaban J connectivity index is 1.92. The summed E-state index contributed by atoms with van der Waals surface area (Å²) in [5.74, 6) is 0.212. The van der Waals surface area contributed by atoms with E-state index in [2.05, 4.69) is 0 Å². The Labute approximate surface area is 163 Å². The normalized spacial score (nSPS) is 11.7. The van der Waals surface area contributed by atoms with Crippen LogP contribution in [0.2, 0.25) is 0 Å². The van der Waals surface area contributed by atoms with Crippen LogP contribution in [0.25, 0.3) is 22.3 Å². The summed E-state index contributed by atoms with van der Waals surface area (Å²) >= 11 is 0. The summed E-state index contributed by atoms with van der Waals surface area (Å²) in [6.45, 7) is 0. The molecular formula is C23H15F3O3. The van der Waals surface area contributed by atoms with Gasteiger partial charge in [0, 0.05) is 17.5 Å². The lowest BCUT2D eigenvalue weighted by atomic mass is 9.97. The lowest BCUT2D eigenvalue weighted by molar-refractivity contribution is -0.137. The third-order valence-electron chi connectivity index (χ3n) is 4.73. The summed E-state index contributed by atoms with van der Waals surface area (Å²) in [5.41, 5.74) is 0.407. The average molecular weight is 396 g/mol. The highest BCUT2D eigenvalue weighted by Crippen LogP contribution is 2.33. The highest BCUT2D eigenvalue weighted by Gasteiger charge is 2.30. The van der Waals surface area contributed by atoms with E-state index in [-0.39, 0.29) is 28.9 Å². The van der Waals surface area contributed by atoms with Crippen molar-refractivity contribution in [2.45, 2.75) is 12.6 Å². The summed E-state index contributed by atoms with van der Waals surface area (Å²) in [6, 6.07) is 17.7. The topological polar surface area (TPSA) is 50.4 Å². The van der Waals surface area contributed by atoms with Crippen molar-refractivity contribution in [3.05, 3.63) is 99.7 Å². The van der Waals surface area contributed by atoms with Crippen LogP contribution in [0.3, 0.4) is 0 Å². The molecule has 0 saturated carbocycles. The third kappa shape index (κ3) is 3.61. The molecule has 0 fully saturated rings. The molecule has 0 aliphatic rings. The van der Waals surface area contributed by atoms with E-state index in [1.807, 2.05) is 0 Å². The van der Waals surface area contributed by atoms with Gasteiger partial charge in [-0.15, -0.1) is 0 Å². The molecular weight excluding hydrogens is 381 g/mol. The lowest BCUT2D eigenvalue weighted by Crippen LogP contribution is -2.12. The van der Waals surface area contributed by atoms with Gasteiger partial charge in [0.25, 0.3) is 0 Å². The van der Waals surface area contributed by atoms with Gasteiger partial charge < -0.3 is 9.52 Å². The zero-order chi connectivity index (χ0) is 20.6. The van der Waals surface area contributed by atoms with Crippen LogP contribution in [0.1, 0.15) is 16.7 Å². The predicted molar refractivity (Wildman–Crippen MR) is 104 cm³/mol. The zero-order valence-corrected chi connectivity index (χ0v) is 15.0. The van der Waals surface area contributed by atoms with E-state index in [0.717, 1.165) is 12.1 Å². The van der Waals surface area contributed by atoms with E-state index in [4.69, 9.17) is 4.42 Å². The molecule has 0 saturated heterocycles. The van der Waals surface area contributed by atoms with Crippen LogP contribution in [0.4, 0.5) is 13.2 Å². The van der Waals surface area contributed by atoms with Crippen molar-refractivity contribution in [1.82, 2.24) is 0 Å². The summed E-state index contributed by atoms with van der Waals surface area (Å²) < 4.78 is 44.6. The van der Waals surface area contributed by atoms with Gasteiger partial charge in [-0.3, -0.25) is 4.79 Å². The number of rotatable bonds is 3. The number of hydrogen-bond donors (Lipinski definition) is 1. The van der Waals surface area contributed by atoms with Gasteiger partial charge >= 0.3 is 6.18 Å². The van der Waals surface area contributed by atoms with Gasteiger partial charge in [0.1, 0.15) is 17.1 Å². The molecule has 1 heterocycles. The summed E-state index contributed by atoms with van der Waals surface area (Å²) in [5, 5.41) is 10.5. The molecule has 0 spiro atoms. The van der Waals surface area contributed by atoms with Crippen LogP contribution in [0, 0.1) is 0 Å². The van der Waals surface area contributed by atoms with E-state index in [0.29, 0.717) is 22.1 Å². The second-order valence-electron chi connectivity index (χ2n) is 6.62.